The van der Waals surface area contributed by atoms with Crippen molar-refractivity contribution in [1.82, 2.24) is 5.32 Å². The first kappa shape index (κ1) is 20.6. The van der Waals surface area contributed by atoms with Crippen molar-refractivity contribution >= 4 is 34.8 Å². The number of aliphatic carboxylic acids is 1. The number of carboxylic acid groups (broad SMARTS) is 1. The third-order valence-corrected chi connectivity index (χ3v) is 4.97. The fourth-order valence-electron chi connectivity index (χ4n) is 2.58. The van der Waals surface area contributed by atoms with Gasteiger partial charge in [0, 0.05) is 22.5 Å². The molecule has 0 radical (unpaired) electrons. The second-order valence-electron chi connectivity index (χ2n) is 6.60. The lowest BCUT2D eigenvalue weighted by Crippen LogP contribution is -2.44. The molecule has 0 fully saturated rings. The molecule has 0 spiro atoms. The standard InChI is InChI=1S/C20H24N2O4S/c1-13(2)18(20(25)26)22-19(24)14-6-3-7-15(12-14)21-17(23)10-4-8-16-9-5-11-27-16/h3,5-7,9,11-13,18H,4,8,10H2,1-2H3,(H,21,23)(H,22,24)(H,25,26)/t18-/m1/s1. The minimum atomic E-state index is -1.08. The van der Waals surface area contributed by atoms with Crippen LogP contribution in [0.5, 0.6) is 0 Å². The van der Waals surface area contributed by atoms with Crippen molar-refractivity contribution in [1.29, 1.82) is 0 Å². The summed E-state index contributed by atoms with van der Waals surface area (Å²) >= 11 is 1.67. The number of aryl methyl sites for hydroxylation is 1. The van der Waals surface area contributed by atoms with Gasteiger partial charge in [-0.05, 0) is 48.4 Å². The lowest BCUT2D eigenvalue weighted by molar-refractivity contribution is -0.140. The van der Waals surface area contributed by atoms with Crippen molar-refractivity contribution < 1.29 is 19.5 Å². The van der Waals surface area contributed by atoms with Gasteiger partial charge in [-0.25, -0.2) is 4.79 Å². The van der Waals surface area contributed by atoms with E-state index in [1.165, 1.54) is 4.88 Å². The summed E-state index contributed by atoms with van der Waals surface area (Å²) in [4.78, 5) is 36.9. The van der Waals surface area contributed by atoms with Gasteiger partial charge < -0.3 is 15.7 Å². The Hall–Kier alpha value is -2.67. The summed E-state index contributed by atoms with van der Waals surface area (Å²) in [5, 5.41) is 16.5. The molecule has 0 aliphatic carbocycles. The van der Waals surface area contributed by atoms with E-state index < -0.39 is 17.9 Å². The number of carboxylic acids is 1. The van der Waals surface area contributed by atoms with E-state index in [0.29, 0.717) is 17.7 Å². The molecule has 0 aliphatic rings. The van der Waals surface area contributed by atoms with Gasteiger partial charge in [0.05, 0.1) is 0 Å². The summed E-state index contributed by atoms with van der Waals surface area (Å²) in [5.74, 6) is -1.91. The van der Waals surface area contributed by atoms with Gasteiger partial charge in [-0.1, -0.05) is 26.0 Å². The molecule has 2 rings (SSSR count). The molecule has 1 atom stereocenters. The largest absolute Gasteiger partial charge is 0.480 e. The minimum Gasteiger partial charge on any atom is -0.480 e. The van der Waals surface area contributed by atoms with E-state index >= 15 is 0 Å². The molecular formula is C20H24N2O4S. The monoisotopic (exact) mass is 388 g/mol. The highest BCUT2D eigenvalue weighted by atomic mass is 32.1. The third kappa shape index (κ3) is 6.53. The van der Waals surface area contributed by atoms with Crippen LogP contribution in [-0.4, -0.2) is 28.9 Å². The summed E-state index contributed by atoms with van der Waals surface area (Å²) in [6.45, 7) is 3.46. The number of hydrogen-bond donors (Lipinski definition) is 3. The molecule has 1 aromatic heterocycles. The molecule has 1 aromatic carbocycles. The zero-order valence-electron chi connectivity index (χ0n) is 15.4. The van der Waals surface area contributed by atoms with Crippen molar-refractivity contribution in [2.75, 3.05) is 5.32 Å². The number of rotatable bonds is 9. The molecule has 7 heteroatoms. The molecule has 1 heterocycles. The van der Waals surface area contributed by atoms with Crippen LogP contribution in [0.2, 0.25) is 0 Å². The Morgan fingerprint density at radius 2 is 1.93 bits per heavy atom. The molecule has 3 N–H and O–H groups in total. The van der Waals surface area contributed by atoms with Crippen LogP contribution >= 0.6 is 11.3 Å². The number of amides is 2. The smallest absolute Gasteiger partial charge is 0.326 e. The van der Waals surface area contributed by atoms with Gasteiger partial charge in [-0.15, -0.1) is 11.3 Å². The van der Waals surface area contributed by atoms with E-state index in [-0.39, 0.29) is 11.8 Å². The lowest BCUT2D eigenvalue weighted by Gasteiger charge is -2.18. The van der Waals surface area contributed by atoms with Crippen molar-refractivity contribution in [3.8, 4) is 0 Å². The number of benzene rings is 1. The molecule has 0 saturated carbocycles. The van der Waals surface area contributed by atoms with Gasteiger partial charge >= 0.3 is 5.97 Å². The second-order valence-corrected chi connectivity index (χ2v) is 7.63. The van der Waals surface area contributed by atoms with Crippen LogP contribution in [0.3, 0.4) is 0 Å². The van der Waals surface area contributed by atoms with Gasteiger partial charge in [0.2, 0.25) is 5.91 Å². The van der Waals surface area contributed by atoms with Crippen LogP contribution in [-0.2, 0) is 16.0 Å². The number of nitrogens with one attached hydrogen (secondary N) is 2. The number of carbonyl (C=O) groups is 3. The highest BCUT2D eigenvalue weighted by molar-refractivity contribution is 7.09. The number of carbonyl (C=O) groups excluding carboxylic acids is 2. The van der Waals surface area contributed by atoms with Crippen LogP contribution in [0, 0.1) is 5.92 Å². The quantitative estimate of drug-likeness (QED) is 0.612. The van der Waals surface area contributed by atoms with E-state index in [1.807, 2.05) is 17.5 Å². The fourth-order valence-corrected chi connectivity index (χ4v) is 3.33. The second kappa shape index (κ2) is 9.87. The molecule has 0 aliphatic heterocycles. The van der Waals surface area contributed by atoms with Gasteiger partial charge in [0.25, 0.3) is 5.91 Å². The van der Waals surface area contributed by atoms with Crippen LogP contribution in [0.4, 0.5) is 5.69 Å². The van der Waals surface area contributed by atoms with E-state index in [2.05, 4.69) is 10.6 Å². The predicted octanol–water partition coefficient (Wildman–Crippen LogP) is 3.55. The lowest BCUT2D eigenvalue weighted by atomic mass is 10.0. The molecular weight excluding hydrogens is 364 g/mol. The average Bonchev–Trinajstić information content (AvgIpc) is 3.12. The van der Waals surface area contributed by atoms with E-state index in [4.69, 9.17) is 0 Å². The Morgan fingerprint density at radius 1 is 1.15 bits per heavy atom. The van der Waals surface area contributed by atoms with Crippen molar-refractivity contribution in [2.24, 2.45) is 5.92 Å². The predicted molar refractivity (Wildman–Crippen MR) is 106 cm³/mol. The first-order valence-electron chi connectivity index (χ1n) is 8.83. The maximum Gasteiger partial charge on any atom is 0.326 e. The number of anilines is 1. The van der Waals surface area contributed by atoms with Crippen LogP contribution in [0.15, 0.2) is 41.8 Å². The summed E-state index contributed by atoms with van der Waals surface area (Å²) in [7, 11) is 0. The molecule has 0 bridgehead atoms. The van der Waals surface area contributed by atoms with Gasteiger partial charge in [-0.2, -0.15) is 0 Å². The molecule has 0 unspecified atom stereocenters. The zero-order chi connectivity index (χ0) is 19.8. The van der Waals surface area contributed by atoms with Crippen molar-refractivity contribution in [3.05, 3.63) is 52.2 Å². The fraction of sp³-hybridized carbons (Fsp3) is 0.350. The Kier molecular flexibility index (Phi) is 7.55. The molecule has 144 valence electrons. The maximum atomic E-state index is 12.3. The van der Waals surface area contributed by atoms with Gasteiger partial charge in [0.1, 0.15) is 6.04 Å². The Bertz CT molecular complexity index is 787. The summed E-state index contributed by atoms with van der Waals surface area (Å²) in [5.41, 5.74) is 0.818. The Morgan fingerprint density at radius 3 is 2.56 bits per heavy atom. The van der Waals surface area contributed by atoms with Crippen LogP contribution < -0.4 is 10.6 Å². The SMILES string of the molecule is CC(C)[C@@H](NC(=O)c1cccc(NC(=O)CCCc2cccs2)c1)C(=O)O. The van der Waals surface area contributed by atoms with E-state index in [0.717, 1.165) is 12.8 Å². The normalized spacial score (nSPS) is 11.8. The topological polar surface area (TPSA) is 95.5 Å². The van der Waals surface area contributed by atoms with Crippen molar-refractivity contribution in [2.45, 2.75) is 39.2 Å². The maximum absolute atomic E-state index is 12.3. The molecule has 6 nitrogen and oxygen atoms in total. The summed E-state index contributed by atoms with van der Waals surface area (Å²) in [6.07, 6.45) is 2.00. The summed E-state index contributed by atoms with van der Waals surface area (Å²) < 4.78 is 0. The first-order valence-corrected chi connectivity index (χ1v) is 9.70. The summed E-state index contributed by atoms with van der Waals surface area (Å²) in [6, 6.07) is 9.56. The van der Waals surface area contributed by atoms with Gasteiger partial charge in [0.15, 0.2) is 0 Å². The van der Waals surface area contributed by atoms with Crippen LogP contribution in [0.25, 0.3) is 0 Å². The van der Waals surface area contributed by atoms with Crippen LogP contribution in [0.1, 0.15) is 41.9 Å². The molecule has 27 heavy (non-hydrogen) atoms. The number of thiophene rings is 1. The highest BCUT2D eigenvalue weighted by Crippen LogP contribution is 2.15. The Labute approximate surface area is 162 Å². The Balaban J connectivity index is 1.90. The zero-order valence-corrected chi connectivity index (χ0v) is 16.2. The van der Waals surface area contributed by atoms with Crippen molar-refractivity contribution in [3.63, 3.8) is 0 Å². The average molecular weight is 388 g/mol. The minimum absolute atomic E-state index is 0.116. The van der Waals surface area contributed by atoms with E-state index in [1.54, 1.807) is 49.4 Å². The van der Waals surface area contributed by atoms with Gasteiger partial charge in [-0.3, -0.25) is 9.59 Å². The molecule has 0 saturated heterocycles. The molecule has 2 aromatic rings. The third-order valence-electron chi connectivity index (χ3n) is 4.03. The van der Waals surface area contributed by atoms with E-state index in [9.17, 15) is 19.5 Å². The number of hydrogen-bond acceptors (Lipinski definition) is 4. The molecule has 2 amide bonds. The first-order chi connectivity index (χ1) is 12.9. The highest BCUT2D eigenvalue weighted by Gasteiger charge is 2.24.